The van der Waals surface area contributed by atoms with Crippen LogP contribution >= 0.6 is 24.0 Å². The molecule has 3 aromatic rings. The van der Waals surface area contributed by atoms with Gasteiger partial charge in [0.2, 0.25) is 0 Å². The number of nitrogens with zero attached hydrogens (tertiary/aromatic N) is 1. The number of rotatable bonds is 6. The van der Waals surface area contributed by atoms with E-state index in [1.165, 1.54) is 29.5 Å². The Bertz CT molecular complexity index is 1160. The molecule has 3 aromatic carbocycles. The van der Waals surface area contributed by atoms with Gasteiger partial charge < -0.3 is 4.74 Å². The average Bonchev–Trinajstić information content (AvgIpc) is 3.02. The Morgan fingerprint density at radius 2 is 1.81 bits per heavy atom. The van der Waals surface area contributed by atoms with Crippen molar-refractivity contribution in [2.45, 2.75) is 20.1 Å². The summed E-state index contributed by atoms with van der Waals surface area (Å²) in [6.45, 7) is 2.71. The van der Waals surface area contributed by atoms with E-state index in [1.807, 2.05) is 61.5 Å². The highest BCUT2D eigenvalue weighted by atomic mass is 32.2. The van der Waals surface area contributed by atoms with Crippen LogP contribution in [0.4, 0.5) is 4.39 Å². The van der Waals surface area contributed by atoms with Gasteiger partial charge in [0.05, 0.1) is 11.4 Å². The zero-order valence-corrected chi connectivity index (χ0v) is 18.5. The van der Waals surface area contributed by atoms with Crippen LogP contribution in [0.5, 0.6) is 5.75 Å². The molecular weight excluding hydrogens is 429 g/mol. The topological polar surface area (TPSA) is 29.5 Å². The van der Waals surface area contributed by atoms with Gasteiger partial charge in [-0.15, -0.1) is 0 Å². The van der Waals surface area contributed by atoms with Crippen molar-refractivity contribution in [3.63, 3.8) is 0 Å². The lowest BCUT2D eigenvalue weighted by atomic mass is 10.1. The number of amides is 1. The molecule has 0 unspecified atom stereocenters. The van der Waals surface area contributed by atoms with Crippen LogP contribution in [0, 0.1) is 12.7 Å². The van der Waals surface area contributed by atoms with Crippen molar-refractivity contribution in [2.75, 3.05) is 0 Å². The Morgan fingerprint density at radius 3 is 2.58 bits per heavy atom. The number of carbonyl (C=O) groups is 1. The number of carbonyl (C=O) groups excluding carboxylic acids is 1. The Kier molecular flexibility index (Phi) is 6.49. The van der Waals surface area contributed by atoms with Crippen LogP contribution in [0.25, 0.3) is 6.08 Å². The Labute approximate surface area is 190 Å². The molecule has 6 heteroatoms. The van der Waals surface area contributed by atoms with Gasteiger partial charge in [-0.2, -0.15) is 0 Å². The largest absolute Gasteiger partial charge is 0.488 e. The van der Waals surface area contributed by atoms with E-state index < -0.39 is 0 Å². The first-order valence-corrected chi connectivity index (χ1v) is 11.0. The summed E-state index contributed by atoms with van der Waals surface area (Å²) in [7, 11) is 0. The molecule has 1 aliphatic heterocycles. The first-order valence-electron chi connectivity index (χ1n) is 9.77. The molecule has 0 aromatic heterocycles. The number of hydrogen-bond acceptors (Lipinski definition) is 4. The molecule has 4 rings (SSSR count). The summed E-state index contributed by atoms with van der Waals surface area (Å²) in [5.41, 5.74) is 3.71. The highest BCUT2D eigenvalue weighted by Gasteiger charge is 2.32. The van der Waals surface area contributed by atoms with Gasteiger partial charge in [0.15, 0.2) is 0 Å². The van der Waals surface area contributed by atoms with Crippen LogP contribution in [-0.4, -0.2) is 15.1 Å². The van der Waals surface area contributed by atoms with Crippen LogP contribution in [0.3, 0.4) is 0 Å². The van der Waals surface area contributed by atoms with Crippen LogP contribution in [0.2, 0.25) is 0 Å². The standard InChI is InChI=1S/C25H20FNO2S2/c1-17-9-11-18(12-10-17)15-27-24(28)23(31-25(27)30)14-20-6-2-3-8-22(20)29-16-19-5-4-7-21(26)13-19/h2-14H,15-16H2,1H3/b23-14-. The van der Waals surface area contributed by atoms with Gasteiger partial charge in [-0.3, -0.25) is 9.69 Å². The van der Waals surface area contributed by atoms with Gasteiger partial charge in [0, 0.05) is 5.56 Å². The summed E-state index contributed by atoms with van der Waals surface area (Å²) in [6, 6.07) is 21.8. The summed E-state index contributed by atoms with van der Waals surface area (Å²) >= 11 is 6.74. The zero-order valence-electron chi connectivity index (χ0n) is 16.9. The minimum atomic E-state index is -0.299. The van der Waals surface area contributed by atoms with Crippen molar-refractivity contribution in [3.05, 3.63) is 106 Å². The molecule has 0 N–H and O–H groups in total. The van der Waals surface area contributed by atoms with Crippen molar-refractivity contribution in [1.29, 1.82) is 0 Å². The maximum atomic E-state index is 13.4. The molecular formula is C25H20FNO2S2. The lowest BCUT2D eigenvalue weighted by molar-refractivity contribution is -0.122. The second-order valence-corrected chi connectivity index (χ2v) is 8.89. The molecule has 156 valence electrons. The second-order valence-electron chi connectivity index (χ2n) is 7.21. The monoisotopic (exact) mass is 449 g/mol. The number of benzene rings is 3. The van der Waals surface area contributed by atoms with Crippen LogP contribution in [0.15, 0.2) is 77.7 Å². The summed E-state index contributed by atoms with van der Waals surface area (Å²) in [6.07, 6.45) is 1.80. The van der Waals surface area contributed by atoms with Gasteiger partial charge in [0.1, 0.15) is 22.5 Å². The molecule has 31 heavy (non-hydrogen) atoms. The van der Waals surface area contributed by atoms with Crippen LogP contribution < -0.4 is 4.74 Å². The molecule has 1 aliphatic rings. The van der Waals surface area contributed by atoms with E-state index >= 15 is 0 Å². The normalized spacial score (nSPS) is 15.0. The minimum Gasteiger partial charge on any atom is -0.488 e. The number of para-hydroxylation sites is 1. The summed E-state index contributed by atoms with van der Waals surface area (Å²) < 4.78 is 19.9. The molecule has 1 fully saturated rings. The second kappa shape index (κ2) is 9.45. The van der Waals surface area contributed by atoms with E-state index in [1.54, 1.807) is 17.0 Å². The zero-order chi connectivity index (χ0) is 21.8. The third-order valence-corrected chi connectivity index (χ3v) is 6.20. The van der Waals surface area contributed by atoms with Gasteiger partial charge >= 0.3 is 0 Å². The number of halogens is 1. The maximum Gasteiger partial charge on any atom is 0.266 e. The number of aryl methyl sites for hydroxylation is 1. The van der Waals surface area contributed by atoms with Crippen LogP contribution in [-0.2, 0) is 17.9 Å². The first kappa shape index (κ1) is 21.3. The van der Waals surface area contributed by atoms with Crippen molar-refractivity contribution >= 4 is 40.3 Å². The lowest BCUT2D eigenvalue weighted by Gasteiger charge is -2.14. The summed E-state index contributed by atoms with van der Waals surface area (Å²) in [4.78, 5) is 15.2. The van der Waals surface area contributed by atoms with E-state index in [0.29, 0.717) is 21.5 Å². The van der Waals surface area contributed by atoms with Gasteiger partial charge in [-0.25, -0.2) is 4.39 Å². The molecule has 0 saturated carbocycles. The fourth-order valence-electron chi connectivity index (χ4n) is 3.17. The molecule has 0 radical (unpaired) electrons. The molecule has 0 atom stereocenters. The first-order chi connectivity index (χ1) is 15.0. The van der Waals surface area contributed by atoms with Gasteiger partial charge in [-0.05, 0) is 42.3 Å². The van der Waals surface area contributed by atoms with E-state index in [2.05, 4.69) is 0 Å². The molecule has 0 bridgehead atoms. The van der Waals surface area contributed by atoms with Crippen LogP contribution in [0.1, 0.15) is 22.3 Å². The Morgan fingerprint density at radius 1 is 1.03 bits per heavy atom. The lowest BCUT2D eigenvalue weighted by Crippen LogP contribution is -2.27. The van der Waals surface area contributed by atoms with E-state index in [4.69, 9.17) is 17.0 Å². The molecule has 1 amide bonds. The smallest absolute Gasteiger partial charge is 0.266 e. The van der Waals surface area contributed by atoms with Crippen molar-refractivity contribution in [2.24, 2.45) is 0 Å². The molecule has 1 saturated heterocycles. The number of hydrogen-bond donors (Lipinski definition) is 0. The quantitative estimate of drug-likeness (QED) is 0.335. The van der Waals surface area contributed by atoms with E-state index in [-0.39, 0.29) is 18.3 Å². The third kappa shape index (κ3) is 5.21. The number of ether oxygens (including phenoxy) is 1. The van der Waals surface area contributed by atoms with E-state index in [9.17, 15) is 9.18 Å². The summed E-state index contributed by atoms with van der Waals surface area (Å²) in [5, 5.41) is 0. The third-order valence-electron chi connectivity index (χ3n) is 4.82. The highest BCUT2D eigenvalue weighted by molar-refractivity contribution is 8.26. The fourth-order valence-corrected chi connectivity index (χ4v) is 4.42. The van der Waals surface area contributed by atoms with Crippen molar-refractivity contribution in [1.82, 2.24) is 4.90 Å². The van der Waals surface area contributed by atoms with E-state index in [0.717, 1.165) is 16.7 Å². The number of thioether (sulfide) groups is 1. The highest BCUT2D eigenvalue weighted by Crippen LogP contribution is 2.35. The Balaban J connectivity index is 1.51. The maximum absolute atomic E-state index is 13.4. The molecule has 1 heterocycles. The van der Waals surface area contributed by atoms with Gasteiger partial charge in [-0.1, -0.05) is 84.1 Å². The van der Waals surface area contributed by atoms with Gasteiger partial charge in [0.25, 0.3) is 5.91 Å². The van der Waals surface area contributed by atoms with Crippen molar-refractivity contribution < 1.29 is 13.9 Å². The average molecular weight is 450 g/mol. The fraction of sp³-hybridized carbons (Fsp3) is 0.120. The molecule has 0 spiro atoms. The van der Waals surface area contributed by atoms with Crippen molar-refractivity contribution in [3.8, 4) is 5.75 Å². The Hall–Kier alpha value is -2.96. The molecule has 3 nitrogen and oxygen atoms in total. The number of thiocarbonyl (C=S) groups is 1. The SMILES string of the molecule is Cc1ccc(CN2C(=O)/C(=C/c3ccccc3OCc3cccc(F)c3)SC2=S)cc1. The molecule has 0 aliphatic carbocycles. The predicted molar refractivity (Wildman–Crippen MR) is 127 cm³/mol. The summed E-state index contributed by atoms with van der Waals surface area (Å²) in [5.74, 6) is 0.206. The minimum absolute atomic E-state index is 0.115. The predicted octanol–water partition coefficient (Wildman–Crippen LogP) is 6.11.